The zero-order valence-electron chi connectivity index (χ0n) is 11.1. The van der Waals surface area contributed by atoms with Crippen molar-refractivity contribution < 1.29 is 4.79 Å². The summed E-state index contributed by atoms with van der Waals surface area (Å²) in [5.41, 5.74) is 0.478. The fraction of sp³-hybridized carbons (Fsp3) is 0.312. The Balaban J connectivity index is 1.55. The Morgan fingerprint density at radius 1 is 1.05 bits per heavy atom. The summed E-state index contributed by atoms with van der Waals surface area (Å²) in [6, 6.07) is 8.79. The van der Waals surface area contributed by atoms with Gasteiger partial charge in [-0.1, -0.05) is 23.2 Å². The minimum absolute atomic E-state index is 0.0347. The quantitative estimate of drug-likeness (QED) is 0.632. The number of Topliss-reactive ketones (excluding diaryl/α,β-unsaturated/α-hetero) is 1. The van der Waals surface area contributed by atoms with Crippen molar-refractivity contribution in [1.29, 1.82) is 0 Å². The topological polar surface area (TPSA) is 42.9 Å². The molecule has 1 aromatic carbocycles. The molecule has 0 saturated heterocycles. The van der Waals surface area contributed by atoms with E-state index in [-0.39, 0.29) is 16.6 Å². The molecule has 3 fully saturated rings. The molecule has 106 valence electrons. The molecule has 5 heteroatoms. The molecule has 5 rings (SSSR count). The fourth-order valence-corrected chi connectivity index (χ4v) is 4.03. The van der Waals surface area contributed by atoms with Gasteiger partial charge in [0.1, 0.15) is 11.0 Å². The number of hydrogen-bond acceptors (Lipinski definition) is 3. The summed E-state index contributed by atoms with van der Waals surface area (Å²) in [5, 5.41) is 1.11. The van der Waals surface area contributed by atoms with Crippen molar-refractivity contribution in [2.45, 2.75) is 24.7 Å². The fourth-order valence-electron chi connectivity index (χ4n) is 3.77. The Hall–Kier alpha value is -1.45. The van der Waals surface area contributed by atoms with Crippen LogP contribution in [0.3, 0.4) is 0 Å². The van der Waals surface area contributed by atoms with Crippen molar-refractivity contribution in [2.75, 3.05) is 0 Å². The maximum atomic E-state index is 12.6. The molecular weight excluding hydrogens is 307 g/mol. The van der Waals surface area contributed by atoms with E-state index in [1.807, 2.05) is 0 Å². The van der Waals surface area contributed by atoms with E-state index in [0.717, 1.165) is 30.7 Å². The van der Waals surface area contributed by atoms with Gasteiger partial charge < -0.3 is 0 Å². The zero-order chi connectivity index (χ0) is 14.7. The average molecular weight is 319 g/mol. The summed E-state index contributed by atoms with van der Waals surface area (Å²) in [6.45, 7) is 0. The van der Waals surface area contributed by atoms with Crippen LogP contribution in [0.15, 0.2) is 36.5 Å². The van der Waals surface area contributed by atoms with E-state index in [4.69, 9.17) is 23.2 Å². The van der Waals surface area contributed by atoms with Crippen molar-refractivity contribution >= 4 is 29.0 Å². The highest BCUT2D eigenvalue weighted by molar-refractivity contribution is 6.30. The van der Waals surface area contributed by atoms with Crippen LogP contribution in [-0.4, -0.2) is 15.8 Å². The highest BCUT2D eigenvalue weighted by Gasteiger charge is 2.73. The monoisotopic (exact) mass is 318 g/mol. The third kappa shape index (κ3) is 1.84. The highest BCUT2D eigenvalue weighted by atomic mass is 35.5. The van der Waals surface area contributed by atoms with Gasteiger partial charge in [0.25, 0.3) is 0 Å². The predicted octanol–water partition coefficient (Wildman–Crippen LogP) is 4.09. The maximum absolute atomic E-state index is 12.6. The van der Waals surface area contributed by atoms with E-state index in [2.05, 4.69) is 9.97 Å². The molecule has 0 aliphatic heterocycles. The lowest BCUT2D eigenvalue weighted by Gasteiger charge is -2.68. The number of ketones is 1. The molecule has 3 saturated carbocycles. The average Bonchev–Trinajstić information content (AvgIpc) is 2.36. The molecule has 21 heavy (non-hydrogen) atoms. The SMILES string of the molecule is O=C(c1ccc(Cl)cc1)C12CC(c3nccc(Cl)n3)(C1)C2. The summed E-state index contributed by atoms with van der Waals surface area (Å²) in [6.07, 6.45) is 4.14. The molecule has 0 N–H and O–H groups in total. The lowest BCUT2D eigenvalue weighted by Crippen LogP contribution is -2.68. The van der Waals surface area contributed by atoms with E-state index >= 15 is 0 Å². The van der Waals surface area contributed by atoms with Crippen molar-refractivity contribution in [1.82, 2.24) is 9.97 Å². The molecule has 0 atom stereocenters. The minimum atomic E-state index is -0.223. The van der Waals surface area contributed by atoms with Crippen LogP contribution in [0.25, 0.3) is 0 Å². The maximum Gasteiger partial charge on any atom is 0.169 e. The summed E-state index contributed by atoms with van der Waals surface area (Å²) >= 11 is 11.8. The second kappa shape index (κ2) is 4.28. The molecule has 1 heterocycles. The Labute approximate surface area is 132 Å². The third-order valence-corrected chi connectivity index (χ3v) is 5.18. The van der Waals surface area contributed by atoms with Gasteiger partial charge in [-0.05, 0) is 49.6 Å². The second-order valence-corrected chi connectivity index (χ2v) is 6.95. The van der Waals surface area contributed by atoms with E-state index in [9.17, 15) is 4.79 Å². The summed E-state index contributed by atoms with van der Waals surface area (Å²) in [7, 11) is 0. The van der Waals surface area contributed by atoms with E-state index in [0.29, 0.717) is 10.2 Å². The molecule has 0 unspecified atom stereocenters. The first-order valence-electron chi connectivity index (χ1n) is 6.83. The van der Waals surface area contributed by atoms with Crippen LogP contribution in [0.2, 0.25) is 10.2 Å². The predicted molar refractivity (Wildman–Crippen MR) is 80.8 cm³/mol. The Kier molecular flexibility index (Phi) is 2.69. The van der Waals surface area contributed by atoms with Crippen LogP contribution in [0, 0.1) is 5.41 Å². The molecule has 3 nitrogen and oxygen atoms in total. The highest BCUT2D eigenvalue weighted by Crippen LogP contribution is 2.73. The van der Waals surface area contributed by atoms with Crippen LogP contribution in [-0.2, 0) is 5.41 Å². The number of rotatable bonds is 3. The van der Waals surface area contributed by atoms with Gasteiger partial charge in [-0.2, -0.15) is 0 Å². The lowest BCUT2D eigenvalue weighted by atomic mass is 9.33. The number of aromatic nitrogens is 2. The van der Waals surface area contributed by atoms with Gasteiger partial charge in [-0.15, -0.1) is 0 Å². The van der Waals surface area contributed by atoms with Gasteiger partial charge in [0, 0.05) is 27.6 Å². The molecule has 0 amide bonds. The van der Waals surface area contributed by atoms with Gasteiger partial charge in [0.2, 0.25) is 0 Å². The summed E-state index contributed by atoms with van der Waals surface area (Å²) in [4.78, 5) is 21.3. The normalized spacial score (nSPS) is 29.4. The van der Waals surface area contributed by atoms with Gasteiger partial charge >= 0.3 is 0 Å². The molecule has 0 radical (unpaired) electrons. The second-order valence-electron chi connectivity index (χ2n) is 6.13. The molecule has 3 aliphatic rings. The van der Waals surface area contributed by atoms with Crippen molar-refractivity contribution in [3.8, 4) is 0 Å². The first kappa shape index (κ1) is 13.2. The van der Waals surface area contributed by atoms with Crippen molar-refractivity contribution in [3.63, 3.8) is 0 Å². The van der Waals surface area contributed by atoms with Gasteiger partial charge in [0.15, 0.2) is 5.78 Å². The molecule has 0 spiro atoms. The Morgan fingerprint density at radius 2 is 1.71 bits per heavy atom. The van der Waals surface area contributed by atoms with E-state index in [1.165, 1.54) is 0 Å². The Bertz CT molecular complexity index is 722. The number of carbonyl (C=O) groups excluding carboxylic acids is 1. The number of carbonyl (C=O) groups is 1. The van der Waals surface area contributed by atoms with Crippen molar-refractivity contribution in [2.24, 2.45) is 5.41 Å². The van der Waals surface area contributed by atoms with Crippen LogP contribution < -0.4 is 0 Å². The van der Waals surface area contributed by atoms with Crippen molar-refractivity contribution in [3.05, 3.63) is 58.1 Å². The molecule has 2 bridgehead atoms. The van der Waals surface area contributed by atoms with Gasteiger partial charge in [-0.3, -0.25) is 4.79 Å². The lowest BCUT2D eigenvalue weighted by molar-refractivity contribution is -0.110. The minimum Gasteiger partial charge on any atom is -0.294 e. The van der Waals surface area contributed by atoms with Crippen LogP contribution in [0.1, 0.15) is 35.4 Å². The van der Waals surface area contributed by atoms with E-state index in [1.54, 1.807) is 36.5 Å². The summed E-state index contributed by atoms with van der Waals surface area (Å²) in [5.74, 6) is 0.990. The third-order valence-electron chi connectivity index (χ3n) is 4.71. The largest absolute Gasteiger partial charge is 0.294 e. The number of benzene rings is 1. The standard InChI is InChI=1S/C16H12Cl2N2O/c17-11-3-1-10(2-4-11)13(21)15-7-16(8-15,9-15)14-19-6-5-12(18)20-14/h1-6H,7-9H2. The smallest absolute Gasteiger partial charge is 0.169 e. The number of nitrogens with zero attached hydrogens (tertiary/aromatic N) is 2. The molecular formula is C16H12Cl2N2O. The number of halogens is 2. The molecule has 2 aromatic rings. The van der Waals surface area contributed by atoms with Crippen LogP contribution in [0.5, 0.6) is 0 Å². The van der Waals surface area contributed by atoms with Crippen LogP contribution in [0.4, 0.5) is 0 Å². The zero-order valence-corrected chi connectivity index (χ0v) is 12.7. The number of hydrogen-bond donors (Lipinski definition) is 0. The Morgan fingerprint density at radius 3 is 2.33 bits per heavy atom. The first-order chi connectivity index (χ1) is 10.0. The first-order valence-corrected chi connectivity index (χ1v) is 7.58. The van der Waals surface area contributed by atoms with Gasteiger partial charge in [-0.25, -0.2) is 9.97 Å². The molecule has 1 aromatic heterocycles. The summed E-state index contributed by atoms with van der Waals surface area (Å²) < 4.78 is 0. The van der Waals surface area contributed by atoms with Crippen LogP contribution >= 0.6 is 23.2 Å². The van der Waals surface area contributed by atoms with Gasteiger partial charge in [0.05, 0.1) is 0 Å². The molecule has 3 aliphatic carbocycles. The van der Waals surface area contributed by atoms with E-state index < -0.39 is 0 Å².